The SMILES string of the molecule is Cc1ccc(C(=O)Nc2ncccn2)cc1. The molecule has 0 bridgehead atoms. The molecule has 0 fully saturated rings. The van der Waals surface area contributed by atoms with Gasteiger partial charge < -0.3 is 0 Å². The van der Waals surface area contributed by atoms with Crippen molar-refractivity contribution in [2.24, 2.45) is 0 Å². The molecule has 0 spiro atoms. The van der Waals surface area contributed by atoms with Crippen LogP contribution in [0.15, 0.2) is 42.7 Å². The first-order valence-corrected chi connectivity index (χ1v) is 4.91. The van der Waals surface area contributed by atoms with E-state index in [4.69, 9.17) is 0 Å². The molecule has 2 rings (SSSR count). The molecule has 1 N–H and O–H groups in total. The van der Waals surface area contributed by atoms with Crippen molar-refractivity contribution in [3.8, 4) is 0 Å². The van der Waals surface area contributed by atoms with Crippen LogP contribution in [0.25, 0.3) is 0 Å². The van der Waals surface area contributed by atoms with Crippen molar-refractivity contribution in [3.63, 3.8) is 0 Å². The lowest BCUT2D eigenvalue weighted by Gasteiger charge is -2.02. The summed E-state index contributed by atoms with van der Waals surface area (Å²) in [4.78, 5) is 19.6. The van der Waals surface area contributed by atoms with Gasteiger partial charge in [0.1, 0.15) is 0 Å². The monoisotopic (exact) mass is 213 g/mol. The van der Waals surface area contributed by atoms with E-state index < -0.39 is 0 Å². The first kappa shape index (κ1) is 10.3. The van der Waals surface area contributed by atoms with Crippen LogP contribution in [0.1, 0.15) is 15.9 Å². The first-order valence-electron chi connectivity index (χ1n) is 4.91. The Hall–Kier alpha value is -2.23. The third-order valence-electron chi connectivity index (χ3n) is 2.10. The van der Waals surface area contributed by atoms with Gasteiger partial charge in [0, 0.05) is 18.0 Å². The standard InChI is InChI=1S/C12H11N3O/c1-9-3-5-10(6-4-9)11(16)15-12-13-7-2-8-14-12/h2-8H,1H3,(H,13,14,15,16). The number of nitrogens with one attached hydrogen (secondary N) is 1. The van der Waals surface area contributed by atoms with Gasteiger partial charge in [0.25, 0.3) is 5.91 Å². The predicted octanol–water partition coefficient (Wildman–Crippen LogP) is 2.04. The van der Waals surface area contributed by atoms with Crippen LogP contribution in [-0.4, -0.2) is 15.9 Å². The number of amides is 1. The van der Waals surface area contributed by atoms with E-state index in [9.17, 15) is 4.79 Å². The van der Waals surface area contributed by atoms with Crippen LogP contribution < -0.4 is 5.32 Å². The third kappa shape index (κ3) is 2.42. The molecule has 80 valence electrons. The molecule has 0 unspecified atom stereocenters. The highest BCUT2D eigenvalue weighted by atomic mass is 16.1. The molecule has 0 aliphatic rings. The van der Waals surface area contributed by atoms with Crippen LogP contribution in [0, 0.1) is 6.92 Å². The maximum absolute atomic E-state index is 11.7. The van der Waals surface area contributed by atoms with Gasteiger partial charge in [-0.25, -0.2) is 9.97 Å². The Morgan fingerprint density at radius 1 is 1.12 bits per heavy atom. The van der Waals surface area contributed by atoms with Crippen molar-refractivity contribution in [3.05, 3.63) is 53.9 Å². The largest absolute Gasteiger partial charge is 0.290 e. The minimum atomic E-state index is -0.203. The molecule has 16 heavy (non-hydrogen) atoms. The lowest BCUT2D eigenvalue weighted by Crippen LogP contribution is -2.13. The van der Waals surface area contributed by atoms with Crippen molar-refractivity contribution < 1.29 is 4.79 Å². The molecule has 1 aromatic heterocycles. The quantitative estimate of drug-likeness (QED) is 0.830. The van der Waals surface area contributed by atoms with Crippen LogP contribution >= 0.6 is 0 Å². The number of hydrogen-bond acceptors (Lipinski definition) is 3. The summed E-state index contributed by atoms with van der Waals surface area (Å²) in [7, 11) is 0. The zero-order valence-corrected chi connectivity index (χ0v) is 8.84. The van der Waals surface area contributed by atoms with E-state index in [1.165, 1.54) is 0 Å². The molecular formula is C12H11N3O. The van der Waals surface area contributed by atoms with Gasteiger partial charge in [-0.1, -0.05) is 17.7 Å². The Kier molecular flexibility index (Phi) is 2.91. The number of nitrogens with zero attached hydrogens (tertiary/aromatic N) is 2. The number of rotatable bonds is 2. The van der Waals surface area contributed by atoms with Crippen molar-refractivity contribution in [2.75, 3.05) is 5.32 Å². The summed E-state index contributed by atoms with van der Waals surface area (Å²) in [6, 6.07) is 9.02. The average Bonchev–Trinajstić information content (AvgIpc) is 2.31. The Labute approximate surface area is 93.4 Å². The maximum atomic E-state index is 11.7. The molecule has 1 aromatic carbocycles. The fourth-order valence-corrected chi connectivity index (χ4v) is 1.24. The third-order valence-corrected chi connectivity index (χ3v) is 2.10. The van der Waals surface area contributed by atoms with E-state index in [0.29, 0.717) is 11.5 Å². The van der Waals surface area contributed by atoms with Gasteiger partial charge in [-0.2, -0.15) is 0 Å². The zero-order chi connectivity index (χ0) is 11.4. The average molecular weight is 213 g/mol. The fourth-order valence-electron chi connectivity index (χ4n) is 1.24. The molecule has 0 aliphatic carbocycles. The Morgan fingerprint density at radius 2 is 1.75 bits per heavy atom. The number of benzene rings is 1. The minimum Gasteiger partial charge on any atom is -0.290 e. The number of aryl methyl sites for hydroxylation is 1. The van der Waals surface area contributed by atoms with E-state index in [-0.39, 0.29) is 5.91 Å². The molecule has 4 heteroatoms. The molecule has 1 amide bonds. The van der Waals surface area contributed by atoms with Gasteiger partial charge in [-0.05, 0) is 25.1 Å². The normalized spacial score (nSPS) is 9.81. The molecular weight excluding hydrogens is 202 g/mol. The molecule has 4 nitrogen and oxygen atoms in total. The maximum Gasteiger partial charge on any atom is 0.258 e. The van der Waals surface area contributed by atoms with E-state index in [0.717, 1.165) is 5.56 Å². The lowest BCUT2D eigenvalue weighted by atomic mass is 10.1. The van der Waals surface area contributed by atoms with Crippen LogP contribution in [-0.2, 0) is 0 Å². The van der Waals surface area contributed by atoms with Crippen LogP contribution in [0.4, 0.5) is 5.95 Å². The molecule has 0 radical (unpaired) electrons. The second-order valence-corrected chi connectivity index (χ2v) is 3.39. The molecule has 0 saturated heterocycles. The van der Waals surface area contributed by atoms with Crippen molar-refractivity contribution in [1.29, 1.82) is 0 Å². The molecule has 1 heterocycles. The van der Waals surface area contributed by atoms with Gasteiger partial charge in [-0.15, -0.1) is 0 Å². The first-order chi connectivity index (χ1) is 7.75. The number of aromatic nitrogens is 2. The van der Waals surface area contributed by atoms with Gasteiger partial charge in [0.15, 0.2) is 0 Å². The van der Waals surface area contributed by atoms with E-state index in [1.54, 1.807) is 30.6 Å². The number of carbonyl (C=O) groups excluding carboxylic acids is 1. The topological polar surface area (TPSA) is 54.9 Å². The highest BCUT2D eigenvalue weighted by molar-refractivity contribution is 6.03. The lowest BCUT2D eigenvalue weighted by molar-refractivity contribution is 0.102. The molecule has 2 aromatic rings. The number of carbonyl (C=O) groups is 1. The van der Waals surface area contributed by atoms with Gasteiger partial charge >= 0.3 is 0 Å². The number of hydrogen-bond donors (Lipinski definition) is 1. The second kappa shape index (κ2) is 4.53. The summed E-state index contributed by atoms with van der Waals surface area (Å²) >= 11 is 0. The molecule has 0 atom stereocenters. The fraction of sp³-hybridized carbons (Fsp3) is 0.0833. The second-order valence-electron chi connectivity index (χ2n) is 3.39. The summed E-state index contributed by atoms with van der Waals surface area (Å²) in [5.41, 5.74) is 1.71. The highest BCUT2D eigenvalue weighted by Gasteiger charge is 2.06. The molecule has 0 saturated carbocycles. The van der Waals surface area contributed by atoms with E-state index in [2.05, 4.69) is 15.3 Å². The highest BCUT2D eigenvalue weighted by Crippen LogP contribution is 2.05. The molecule has 0 aliphatic heterocycles. The minimum absolute atomic E-state index is 0.203. The van der Waals surface area contributed by atoms with Gasteiger partial charge in [-0.3, -0.25) is 10.1 Å². The van der Waals surface area contributed by atoms with Crippen LogP contribution in [0.5, 0.6) is 0 Å². The Balaban J connectivity index is 2.12. The van der Waals surface area contributed by atoms with Crippen molar-refractivity contribution in [1.82, 2.24) is 9.97 Å². The predicted molar refractivity (Wildman–Crippen MR) is 61.2 cm³/mol. The van der Waals surface area contributed by atoms with Crippen LogP contribution in [0.3, 0.4) is 0 Å². The van der Waals surface area contributed by atoms with E-state index >= 15 is 0 Å². The van der Waals surface area contributed by atoms with Crippen molar-refractivity contribution in [2.45, 2.75) is 6.92 Å². The summed E-state index contributed by atoms with van der Waals surface area (Å²) < 4.78 is 0. The van der Waals surface area contributed by atoms with Gasteiger partial charge in [0.05, 0.1) is 0 Å². The summed E-state index contributed by atoms with van der Waals surface area (Å²) in [6.45, 7) is 1.97. The van der Waals surface area contributed by atoms with Crippen LogP contribution in [0.2, 0.25) is 0 Å². The summed E-state index contributed by atoms with van der Waals surface area (Å²) in [5, 5.41) is 2.62. The zero-order valence-electron chi connectivity index (χ0n) is 8.84. The Morgan fingerprint density at radius 3 is 2.38 bits per heavy atom. The summed E-state index contributed by atoms with van der Waals surface area (Å²) in [6.07, 6.45) is 3.16. The van der Waals surface area contributed by atoms with Gasteiger partial charge in [0.2, 0.25) is 5.95 Å². The smallest absolute Gasteiger partial charge is 0.258 e. The van der Waals surface area contributed by atoms with E-state index in [1.807, 2.05) is 19.1 Å². The Bertz CT molecular complexity index is 479. The van der Waals surface area contributed by atoms with Crippen molar-refractivity contribution >= 4 is 11.9 Å². The summed E-state index contributed by atoms with van der Waals surface area (Å²) in [5.74, 6) is 0.110. The number of anilines is 1.